The fourth-order valence-electron chi connectivity index (χ4n) is 8.23. The minimum absolute atomic E-state index is 0.00478. The highest BCUT2D eigenvalue weighted by Crippen LogP contribution is 2.56. The van der Waals surface area contributed by atoms with Crippen LogP contribution < -0.4 is 5.32 Å². The Morgan fingerprint density at radius 2 is 1.80 bits per heavy atom. The number of cyclic esters (lactones) is 1. The van der Waals surface area contributed by atoms with E-state index >= 15 is 4.79 Å². The molecule has 4 aliphatic heterocycles. The quantitative estimate of drug-likeness (QED) is 0.363. The number of hydrogen-bond acceptors (Lipinski definition) is 7. The number of aliphatic hydroxyl groups is 1. The molecule has 5 aliphatic rings. The van der Waals surface area contributed by atoms with E-state index in [1.807, 2.05) is 67.3 Å². The number of amides is 3. The van der Waals surface area contributed by atoms with Crippen molar-refractivity contribution in [1.29, 1.82) is 0 Å². The molecule has 0 radical (unpaired) electrons. The number of allylic oxidation sites excluding steroid dienone is 1. The summed E-state index contributed by atoms with van der Waals surface area (Å²) in [6.07, 6.45) is 12.3. The molecule has 1 aliphatic carbocycles. The third-order valence-electron chi connectivity index (χ3n) is 10.9. The number of fused-ring (bicyclic) bond motifs is 2. The molecule has 2 saturated heterocycles. The number of carbonyl (C=O) groups excluding carboxylic acids is 4. The van der Waals surface area contributed by atoms with Crippen LogP contribution in [0.1, 0.15) is 76.9 Å². The van der Waals surface area contributed by atoms with Gasteiger partial charge in [-0.25, -0.2) is 0 Å². The lowest BCUT2D eigenvalue weighted by atomic mass is 9.74. The maximum Gasteiger partial charge on any atom is 0.313 e. The summed E-state index contributed by atoms with van der Waals surface area (Å²) in [4.78, 5) is 60.1. The molecule has 248 valence electrons. The van der Waals surface area contributed by atoms with Crippen LogP contribution in [0.3, 0.4) is 0 Å². The largest absolute Gasteiger partial charge is 0.455 e. The highest BCUT2D eigenvalue weighted by Gasteiger charge is 2.74. The second kappa shape index (κ2) is 13.7. The lowest BCUT2D eigenvalue weighted by molar-refractivity contribution is -0.161. The number of nitrogens with zero attached hydrogens (tertiary/aromatic N) is 2. The number of aliphatic hydroxyl groups excluding tert-OH is 1. The van der Waals surface area contributed by atoms with Gasteiger partial charge in [-0.3, -0.25) is 19.2 Å². The van der Waals surface area contributed by atoms with Gasteiger partial charge in [0, 0.05) is 19.0 Å². The second-order valence-electron chi connectivity index (χ2n) is 13.5. The van der Waals surface area contributed by atoms with Crippen LogP contribution in [0.4, 0.5) is 0 Å². The van der Waals surface area contributed by atoms with Crippen LogP contribution in [-0.2, 0) is 28.7 Å². The number of carbonyl (C=O) groups is 4. The summed E-state index contributed by atoms with van der Waals surface area (Å²) in [7, 11) is 0. The summed E-state index contributed by atoms with van der Waals surface area (Å²) >= 11 is 0. The van der Waals surface area contributed by atoms with Gasteiger partial charge < -0.3 is 29.7 Å². The molecule has 3 amide bonds. The molecule has 4 heterocycles. The molecular formula is C36H47N3O7. The Bertz CT molecular complexity index is 1360. The molecule has 3 fully saturated rings. The first-order valence-corrected chi connectivity index (χ1v) is 17.1. The predicted octanol–water partition coefficient (Wildman–Crippen LogP) is 3.46. The Kier molecular flexibility index (Phi) is 9.66. The minimum Gasteiger partial charge on any atom is -0.455 e. The monoisotopic (exact) mass is 633 g/mol. The molecular weight excluding hydrogens is 586 g/mol. The molecule has 2 N–H and O–H groups in total. The Hall–Kier alpha value is -3.50. The van der Waals surface area contributed by atoms with Crippen molar-refractivity contribution in [1.82, 2.24) is 15.1 Å². The number of likely N-dealkylation sites (tertiary alicyclic amines) is 1. The van der Waals surface area contributed by atoms with Crippen LogP contribution in [-0.4, -0.2) is 88.1 Å². The predicted molar refractivity (Wildman–Crippen MR) is 170 cm³/mol. The minimum atomic E-state index is -1.36. The third-order valence-corrected chi connectivity index (χ3v) is 10.9. The molecule has 0 unspecified atom stereocenters. The Morgan fingerprint density at radius 3 is 2.52 bits per heavy atom. The van der Waals surface area contributed by atoms with Gasteiger partial charge in [-0.1, -0.05) is 94.2 Å². The Labute approximate surface area is 271 Å². The summed E-state index contributed by atoms with van der Waals surface area (Å²) in [6, 6.07) is 7.55. The van der Waals surface area contributed by atoms with Gasteiger partial charge in [-0.15, -0.1) is 0 Å². The number of benzene rings is 1. The first kappa shape index (κ1) is 32.4. The molecule has 10 nitrogen and oxygen atoms in total. The molecule has 8 atom stereocenters. The number of ether oxygens (including phenoxy) is 2. The molecule has 1 saturated carbocycles. The van der Waals surface area contributed by atoms with Gasteiger partial charge in [0.2, 0.25) is 17.7 Å². The second-order valence-corrected chi connectivity index (χ2v) is 13.5. The van der Waals surface area contributed by atoms with E-state index in [-0.39, 0.29) is 49.3 Å². The van der Waals surface area contributed by atoms with Gasteiger partial charge in [0.1, 0.15) is 23.7 Å². The first-order valence-electron chi connectivity index (χ1n) is 17.1. The van der Waals surface area contributed by atoms with Crippen LogP contribution >= 0.6 is 0 Å². The zero-order valence-electron chi connectivity index (χ0n) is 26.9. The normalized spacial score (nSPS) is 34.3. The smallest absolute Gasteiger partial charge is 0.313 e. The van der Waals surface area contributed by atoms with Crippen molar-refractivity contribution >= 4 is 23.7 Å². The Morgan fingerprint density at radius 1 is 1.04 bits per heavy atom. The van der Waals surface area contributed by atoms with Crippen LogP contribution in [0.25, 0.3) is 0 Å². The fourth-order valence-corrected chi connectivity index (χ4v) is 8.23. The van der Waals surface area contributed by atoms with Crippen molar-refractivity contribution in [3.8, 4) is 0 Å². The molecule has 1 aromatic rings. The van der Waals surface area contributed by atoms with E-state index in [1.54, 1.807) is 11.0 Å². The Balaban J connectivity index is 1.44. The number of nitrogens with one attached hydrogen (secondary N) is 1. The summed E-state index contributed by atoms with van der Waals surface area (Å²) < 4.78 is 12.7. The summed E-state index contributed by atoms with van der Waals surface area (Å²) in [5.41, 5.74) is -0.638. The third kappa shape index (κ3) is 5.79. The summed E-state index contributed by atoms with van der Waals surface area (Å²) in [5.74, 6) is -3.42. The van der Waals surface area contributed by atoms with Gasteiger partial charge in [0.05, 0.1) is 31.2 Å². The zero-order chi connectivity index (χ0) is 32.4. The van der Waals surface area contributed by atoms with Crippen LogP contribution in [0.15, 0.2) is 54.6 Å². The van der Waals surface area contributed by atoms with Crippen molar-refractivity contribution in [3.05, 3.63) is 60.2 Å². The standard InChI is InChI=1S/C36H47N3O7/c1-3-23(2)26(22-40)39-32-34(43)38(25-15-9-5-10-16-25)20-12-6-11-17-29(41)37-21-28(24-13-7-4-8-14-24)45-35(44)30-27-18-19-36(32,46-27)31(30)33(39)42/h4,6-8,12-14,18-19,23,25-28,30-32,40H,3,5,9-11,15-17,20-22H2,1-2H3,(H,37,41)/b12-6-/t23-,26-,27+,28+,30-,31-,32+,36-/m0/s1. The van der Waals surface area contributed by atoms with Crippen molar-refractivity contribution in [3.63, 3.8) is 0 Å². The number of rotatable bonds is 6. The van der Waals surface area contributed by atoms with Crippen molar-refractivity contribution in [2.75, 3.05) is 19.7 Å². The fraction of sp³-hybridized carbons (Fsp3) is 0.611. The average Bonchev–Trinajstić information content (AvgIpc) is 3.72. The maximum absolute atomic E-state index is 15.0. The van der Waals surface area contributed by atoms with Gasteiger partial charge in [-0.2, -0.15) is 0 Å². The van der Waals surface area contributed by atoms with Gasteiger partial charge >= 0.3 is 5.97 Å². The maximum atomic E-state index is 15.0. The molecule has 5 bridgehead atoms. The van der Waals surface area contributed by atoms with E-state index in [0.29, 0.717) is 19.4 Å². The summed E-state index contributed by atoms with van der Waals surface area (Å²) in [6.45, 7) is 4.08. The van der Waals surface area contributed by atoms with Gasteiger partial charge in [0.25, 0.3) is 0 Å². The topological polar surface area (TPSA) is 125 Å². The van der Waals surface area contributed by atoms with Crippen molar-refractivity contribution in [2.24, 2.45) is 17.8 Å². The van der Waals surface area contributed by atoms with E-state index in [1.165, 1.54) is 0 Å². The highest BCUT2D eigenvalue weighted by molar-refractivity contribution is 5.99. The highest BCUT2D eigenvalue weighted by atomic mass is 16.6. The molecule has 1 aromatic carbocycles. The van der Waals surface area contributed by atoms with Gasteiger partial charge in [0.15, 0.2) is 0 Å². The molecule has 1 spiro atoms. The van der Waals surface area contributed by atoms with Crippen molar-refractivity contribution < 1.29 is 33.8 Å². The summed E-state index contributed by atoms with van der Waals surface area (Å²) in [5, 5.41) is 13.6. The molecule has 6 rings (SSSR count). The van der Waals surface area contributed by atoms with Crippen LogP contribution in [0.2, 0.25) is 0 Å². The van der Waals surface area contributed by atoms with Crippen LogP contribution in [0, 0.1) is 17.8 Å². The van der Waals surface area contributed by atoms with E-state index in [9.17, 15) is 19.5 Å². The lowest BCUT2D eigenvalue weighted by Crippen LogP contribution is -2.61. The zero-order valence-corrected chi connectivity index (χ0v) is 26.9. The van der Waals surface area contributed by atoms with E-state index in [2.05, 4.69) is 5.32 Å². The number of hydrogen-bond donors (Lipinski definition) is 2. The van der Waals surface area contributed by atoms with E-state index < -0.39 is 47.7 Å². The van der Waals surface area contributed by atoms with Gasteiger partial charge in [-0.05, 0) is 30.7 Å². The van der Waals surface area contributed by atoms with E-state index in [0.717, 1.165) is 37.7 Å². The molecule has 46 heavy (non-hydrogen) atoms. The molecule has 0 aromatic heterocycles. The molecule has 10 heteroatoms. The SMILES string of the molecule is CC[C@H](C)[C@H](CO)N1C(=O)[C@@H]2[C@H]3C(=O)O[C@@H](c4ccccc4)CNC(=O)CC/C=C\CN(C4CCCCC4)C(=O)[C@@H]1[C@]21C=C[C@H]3O1. The lowest BCUT2D eigenvalue weighted by Gasteiger charge is -2.43. The van der Waals surface area contributed by atoms with Crippen molar-refractivity contribution in [2.45, 2.75) is 101 Å². The number of esters is 1. The van der Waals surface area contributed by atoms with E-state index in [4.69, 9.17) is 9.47 Å². The average molecular weight is 634 g/mol. The first-order chi connectivity index (χ1) is 22.3. The van der Waals surface area contributed by atoms with Crippen LogP contribution in [0.5, 0.6) is 0 Å².